The fourth-order valence-corrected chi connectivity index (χ4v) is 3.37. The molecule has 4 heterocycles. The Morgan fingerprint density at radius 1 is 1.04 bits per heavy atom. The van der Waals surface area contributed by atoms with Crippen LogP contribution in [0.25, 0.3) is 27.9 Å². The van der Waals surface area contributed by atoms with Gasteiger partial charge in [0.25, 0.3) is 0 Å². The van der Waals surface area contributed by atoms with Crippen LogP contribution in [0, 0.1) is 0 Å². The minimum Gasteiger partial charge on any atom is -0.363 e. The fraction of sp³-hybridized carbons (Fsp3) is 0.111. The van der Waals surface area contributed by atoms with E-state index in [2.05, 4.69) is 34.1 Å². The lowest BCUT2D eigenvalue weighted by molar-refractivity contribution is 0.951. The first-order chi connectivity index (χ1) is 13.7. The largest absolute Gasteiger partial charge is 0.363 e. The predicted octanol–water partition coefficient (Wildman–Crippen LogP) is 3.00. The highest BCUT2D eigenvalue weighted by Crippen LogP contribution is 2.24. The van der Waals surface area contributed by atoms with Crippen molar-refractivity contribution in [2.24, 2.45) is 0 Å². The van der Waals surface area contributed by atoms with Crippen molar-refractivity contribution in [3.05, 3.63) is 48.9 Å². The van der Waals surface area contributed by atoms with Crippen LogP contribution in [0.2, 0.25) is 0 Å². The zero-order valence-corrected chi connectivity index (χ0v) is 15.9. The van der Waals surface area contributed by atoms with Gasteiger partial charge in [-0.05, 0) is 30.3 Å². The first-order valence-corrected chi connectivity index (χ1v) is 9.25. The normalized spacial score (nSPS) is 11.2. The van der Waals surface area contributed by atoms with Crippen LogP contribution in [0.4, 0.5) is 17.5 Å². The van der Waals surface area contributed by atoms with Gasteiger partial charge < -0.3 is 10.2 Å². The van der Waals surface area contributed by atoms with Crippen molar-refractivity contribution in [3.8, 4) is 11.3 Å². The molecule has 0 bridgehead atoms. The number of hydrogen-bond acceptors (Lipinski definition) is 9. The Labute approximate surface area is 164 Å². The Morgan fingerprint density at radius 3 is 2.75 bits per heavy atom. The molecule has 0 spiro atoms. The Balaban J connectivity index is 1.51. The number of nitrogens with one attached hydrogen (secondary N) is 1. The number of pyridine rings is 1. The van der Waals surface area contributed by atoms with Gasteiger partial charge in [-0.1, -0.05) is 0 Å². The molecule has 0 atom stereocenters. The summed E-state index contributed by atoms with van der Waals surface area (Å²) in [5, 5.41) is 7.72. The molecule has 1 N–H and O–H groups in total. The molecule has 4 aromatic heterocycles. The topological polar surface area (TPSA) is 97.0 Å². The van der Waals surface area contributed by atoms with Gasteiger partial charge in [-0.25, -0.2) is 9.50 Å². The lowest BCUT2D eigenvalue weighted by atomic mass is 10.2. The molecule has 0 saturated carbocycles. The lowest BCUT2D eigenvalue weighted by Crippen LogP contribution is -2.10. The molecule has 10 heteroatoms. The molecule has 1 aromatic carbocycles. The number of benzene rings is 1. The standard InChI is InChI=1S/C18H15N9S/c1-26(2)15-6-3-11(10-20-15)16-17-22-18(23-27(17)8-7-19-16)21-12-4-5-13-14(9-12)25-28-24-13/h3-10H,1-2H3,(H,21,23). The van der Waals surface area contributed by atoms with Gasteiger partial charge in [0.15, 0.2) is 5.65 Å². The van der Waals surface area contributed by atoms with E-state index in [1.54, 1.807) is 23.1 Å². The van der Waals surface area contributed by atoms with Gasteiger partial charge in [-0.15, -0.1) is 5.10 Å². The molecule has 5 aromatic rings. The second-order valence-electron chi connectivity index (χ2n) is 6.37. The summed E-state index contributed by atoms with van der Waals surface area (Å²) < 4.78 is 10.2. The Morgan fingerprint density at radius 2 is 1.93 bits per heavy atom. The van der Waals surface area contributed by atoms with Crippen LogP contribution in [0.3, 0.4) is 0 Å². The summed E-state index contributed by atoms with van der Waals surface area (Å²) in [6.07, 6.45) is 5.27. The summed E-state index contributed by atoms with van der Waals surface area (Å²) in [6.45, 7) is 0. The monoisotopic (exact) mass is 389 g/mol. The molecular formula is C18H15N9S. The molecule has 0 aliphatic heterocycles. The number of hydrogen-bond donors (Lipinski definition) is 1. The van der Waals surface area contributed by atoms with Crippen molar-refractivity contribution in [3.63, 3.8) is 0 Å². The Hall–Kier alpha value is -3.66. The van der Waals surface area contributed by atoms with Gasteiger partial charge in [0, 0.05) is 43.9 Å². The summed E-state index contributed by atoms with van der Waals surface area (Å²) in [4.78, 5) is 15.5. The maximum atomic E-state index is 4.62. The maximum Gasteiger partial charge on any atom is 0.247 e. The molecular weight excluding hydrogens is 374 g/mol. The van der Waals surface area contributed by atoms with Crippen LogP contribution in [-0.2, 0) is 0 Å². The average Bonchev–Trinajstić information content (AvgIpc) is 3.33. The number of anilines is 3. The number of aromatic nitrogens is 7. The van der Waals surface area contributed by atoms with Gasteiger partial charge in [0.1, 0.15) is 22.5 Å². The van der Waals surface area contributed by atoms with Crippen LogP contribution in [0.15, 0.2) is 48.9 Å². The molecule has 0 saturated heterocycles. The second kappa shape index (κ2) is 6.50. The van der Waals surface area contributed by atoms with E-state index in [9.17, 15) is 0 Å². The first kappa shape index (κ1) is 16.5. The van der Waals surface area contributed by atoms with Crippen LogP contribution in [0.5, 0.6) is 0 Å². The van der Waals surface area contributed by atoms with E-state index in [0.717, 1.165) is 33.8 Å². The molecule has 0 fully saturated rings. The van der Waals surface area contributed by atoms with Gasteiger partial charge in [0.05, 0.1) is 11.7 Å². The van der Waals surface area contributed by atoms with Crippen molar-refractivity contribution in [2.75, 3.05) is 24.3 Å². The summed E-state index contributed by atoms with van der Waals surface area (Å²) in [7, 11) is 3.91. The van der Waals surface area contributed by atoms with Gasteiger partial charge >= 0.3 is 0 Å². The zero-order valence-electron chi connectivity index (χ0n) is 15.1. The van der Waals surface area contributed by atoms with Gasteiger partial charge in [-0.2, -0.15) is 13.7 Å². The molecule has 0 amide bonds. The van der Waals surface area contributed by atoms with Crippen LogP contribution in [0.1, 0.15) is 0 Å². The van der Waals surface area contributed by atoms with E-state index in [4.69, 9.17) is 0 Å². The zero-order chi connectivity index (χ0) is 19.1. The van der Waals surface area contributed by atoms with Crippen LogP contribution in [-0.4, -0.2) is 47.4 Å². The number of rotatable bonds is 4. The Bertz CT molecular complexity index is 1270. The van der Waals surface area contributed by atoms with E-state index in [1.165, 1.54) is 11.7 Å². The first-order valence-electron chi connectivity index (χ1n) is 8.52. The highest BCUT2D eigenvalue weighted by Gasteiger charge is 2.12. The van der Waals surface area contributed by atoms with E-state index < -0.39 is 0 Å². The molecule has 0 aliphatic carbocycles. The van der Waals surface area contributed by atoms with Crippen molar-refractivity contribution < 1.29 is 0 Å². The van der Waals surface area contributed by atoms with E-state index in [0.29, 0.717) is 11.6 Å². The summed E-state index contributed by atoms with van der Waals surface area (Å²) >= 11 is 1.19. The van der Waals surface area contributed by atoms with Gasteiger partial charge in [-0.3, -0.25) is 4.98 Å². The van der Waals surface area contributed by atoms with Crippen LogP contribution >= 0.6 is 11.7 Å². The fourth-order valence-electron chi connectivity index (χ4n) is 2.85. The van der Waals surface area contributed by atoms with Crippen molar-refractivity contribution in [2.45, 2.75) is 0 Å². The van der Waals surface area contributed by atoms with Crippen molar-refractivity contribution in [1.29, 1.82) is 0 Å². The smallest absolute Gasteiger partial charge is 0.247 e. The molecule has 9 nitrogen and oxygen atoms in total. The third kappa shape index (κ3) is 2.89. The highest BCUT2D eigenvalue weighted by atomic mass is 32.1. The quantitative estimate of drug-likeness (QED) is 0.501. The van der Waals surface area contributed by atoms with Crippen molar-refractivity contribution in [1.82, 2.24) is 33.3 Å². The number of fused-ring (bicyclic) bond motifs is 2. The lowest BCUT2D eigenvalue weighted by Gasteiger charge is -2.11. The van der Waals surface area contributed by atoms with Gasteiger partial charge in [0.2, 0.25) is 5.95 Å². The highest BCUT2D eigenvalue weighted by molar-refractivity contribution is 7.00. The minimum atomic E-state index is 0.481. The average molecular weight is 389 g/mol. The predicted molar refractivity (Wildman–Crippen MR) is 109 cm³/mol. The van der Waals surface area contributed by atoms with E-state index >= 15 is 0 Å². The molecule has 5 rings (SSSR count). The molecule has 28 heavy (non-hydrogen) atoms. The van der Waals surface area contributed by atoms with Crippen molar-refractivity contribution >= 4 is 45.9 Å². The summed E-state index contributed by atoms with van der Waals surface area (Å²) in [5.41, 5.74) is 4.82. The Kier molecular flexibility index (Phi) is 3.83. The number of nitrogens with zero attached hydrogens (tertiary/aromatic N) is 8. The summed E-state index contributed by atoms with van der Waals surface area (Å²) in [6, 6.07) is 9.71. The molecule has 138 valence electrons. The van der Waals surface area contributed by atoms with E-state index in [1.807, 2.05) is 49.3 Å². The molecule has 0 radical (unpaired) electrons. The maximum absolute atomic E-state index is 4.62. The van der Waals surface area contributed by atoms with E-state index in [-0.39, 0.29) is 0 Å². The minimum absolute atomic E-state index is 0.481. The molecule has 0 unspecified atom stereocenters. The molecule has 0 aliphatic rings. The SMILES string of the molecule is CN(C)c1ccc(-c2nccn3nc(Nc4ccc5nsnc5c4)nc23)cn1. The van der Waals surface area contributed by atoms with Crippen LogP contribution < -0.4 is 10.2 Å². The summed E-state index contributed by atoms with van der Waals surface area (Å²) in [5.74, 6) is 1.36. The third-order valence-electron chi connectivity index (χ3n) is 4.24. The third-order valence-corrected chi connectivity index (χ3v) is 4.80. The second-order valence-corrected chi connectivity index (χ2v) is 6.90.